The third-order valence-corrected chi connectivity index (χ3v) is 4.52. The number of carboxylic acid groups (broad SMARTS) is 1. The summed E-state index contributed by atoms with van der Waals surface area (Å²) in [5.41, 5.74) is 0. The van der Waals surface area contributed by atoms with Crippen molar-refractivity contribution in [2.24, 2.45) is 5.92 Å². The summed E-state index contributed by atoms with van der Waals surface area (Å²) in [7, 11) is 0. The predicted octanol–water partition coefficient (Wildman–Crippen LogP) is 1.19. The Hall–Kier alpha value is -1.30. The molecule has 20 heavy (non-hydrogen) atoms. The number of hydrogen-bond donors (Lipinski definition) is 3. The average molecular weight is 284 g/mol. The van der Waals surface area contributed by atoms with E-state index in [9.17, 15) is 9.59 Å². The lowest BCUT2D eigenvalue weighted by Crippen LogP contribution is -2.53. The molecule has 2 aliphatic carbocycles. The van der Waals surface area contributed by atoms with E-state index >= 15 is 0 Å². The number of carbonyl (C=O) groups excluding carboxylic acids is 1. The van der Waals surface area contributed by atoms with Crippen LogP contribution in [0.1, 0.15) is 44.9 Å². The first-order chi connectivity index (χ1) is 9.61. The van der Waals surface area contributed by atoms with E-state index in [1.165, 1.54) is 0 Å². The molecule has 0 unspecified atom stereocenters. The summed E-state index contributed by atoms with van der Waals surface area (Å²) in [6.45, 7) is 0.358. The van der Waals surface area contributed by atoms with Crippen molar-refractivity contribution < 1.29 is 19.8 Å². The molecule has 6 heteroatoms. The van der Waals surface area contributed by atoms with Gasteiger partial charge in [0.05, 0.1) is 12.5 Å². The van der Waals surface area contributed by atoms with Crippen LogP contribution >= 0.6 is 0 Å². The van der Waals surface area contributed by atoms with Crippen LogP contribution in [0.5, 0.6) is 0 Å². The number of aliphatic hydroxyl groups excluding tert-OH is 1. The van der Waals surface area contributed by atoms with Crippen molar-refractivity contribution in [3.05, 3.63) is 0 Å². The van der Waals surface area contributed by atoms with Crippen molar-refractivity contribution >= 4 is 12.0 Å². The highest BCUT2D eigenvalue weighted by Gasteiger charge is 2.31. The molecule has 2 rings (SSSR count). The number of carboxylic acids is 1. The number of urea groups is 1. The molecule has 6 nitrogen and oxygen atoms in total. The Morgan fingerprint density at radius 2 is 1.75 bits per heavy atom. The Morgan fingerprint density at radius 1 is 1.10 bits per heavy atom. The van der Waals surface area contributed by atoms with Gasteiger partial charge in [0.1, 0.15) is 0 Å². The second-order valence-corrected chi connectivity index (χ2v) is 5.84. The zero-order valence-corrected chi connectivity index (χ0v) is 11.8. The Labute approximate surface area is 119 Å². The maximum absolute atomic E-state index is 12.2. The molecule has 0 aromatic carbocycles. The van der Waals surface area contributed by atoms with Crippen LogP contribution in [-0.4, -0.2) is 52.3 Å². The smallest absolute Gasteiger partial charge is 0.317 e. The molecule has 2 saturated carbocycles. The van der Waals surface area contributed by atoms with Crippen LogP contribution in [0.15, 0.2) is 0 Å². The maximum Gasteiger partial charge on any atom is 0.317 e. The van der Waals surface area contributed by atoms with E-state index in [4.69, 9.17) is 10.2 Å². The molecule has 2 aliphatic rings. The van der Waals surface area contributed by atoms with Gasteiger partial charge in [0.25, 0.3) is 0 Å². The van der Waals surface area contributed by atoms with E-state index in [0.717, 1.165) is 32.1 Å². The Bertz CT molecular complexity index is 349. The summed E-state index contributed by atoms with van der Waals surface area (Å²) < 4.78 is 0. The third kappa shape index (κ3) is 3.62. The van der Waals surface area contributed by atoms with E-state index < -0.39 is 5.97 Å². The van der Waals surface area contributed by atoms with E-state index in [0.29, 0.717) is 19.4 Å². The van der Waals surface area contributed by atoms with E-state index in [1.54, 1.807) is 4.90 Å². The summed E-state index contributed by atoms with van der Waals surface area (Å²) in [5, 5.41) is 21.0. The monoisotopic (exact) mass is 284 g/mol. The van der Waals surface area contributed by atoms with Crippen LogP contribution in [0.4, 0.5) is 4.79 Å². The topological polar surface area (TPSA) is 89.9 Å². The highest BCUT2D eigenvalue weighted by atomic mass is 16.4. The molecule has 2 fully saturated rings. The number of nitrogens with one attached hydrogen (secondary N) is 1. The van der Waals surface area contributed by atoms with E-state index in [1.807, 2.05) is 0 Å². The van der Waals surface area contributed by atoms with Crippen molar-refractivity contribution in [3.8, 4) is 0 Å². The van der Waals surface area contributed by atoms with E-state index in [2.05, 4.69) is 5.32 Å². The highest BCUT2D eigenvalue weighted by Crippen LogP contribution is 2.27. The quantitative estimate of drug-likeness (QED) is 0.707. The third-order valence-electron chi connectivity index (χ3n) is 4.52. The van der Waals surface area contributed by atoms with Gasteiger partial charge in [-0.3, -0.25) is 4.79 Å². The fourth-order valence-corrected chi connectivity index (χ4v) is 3.00. The van der Waals surface area contributed by atoms with Gasteiger partial charge >= 0.3 is 12.0 Å². The molecular weight excluding hydrogens is 260 g/mol. The number of aliphatic carboxylic acids is 1. The van der Waals surface area contributed by atoms with Gasteiger partial charge in [-0.25, -0.2) is 4.79 Å². The van der Waals surface area contributed by atoms with Crippen LogP contribution < -0.4 is 5.32 Å². The largest absolute Gasteiger partial charge is 0.481 e. The van der Waals surface area contributed by atoms with Crippen molar-refractivity contribution in [1.82, 2.24) is 10.2 Å². The SMILES string of the molecule is O=C(O)C1CCC(NC(=O)N(CCO)C2CCC2)CC1. The van der Waals surface area contributed by atoms with Gasteiger partial charge in [-0.15, -0.1) is 0 Å². The maximum atomic E-state index is 12.2. The molecule has 0 aromatic heterocycles. The van der Waals surface area contributed by atoms with Gasteiger partial charge in [-0.05, 0) is 44.9 Å². The van der Waals surface area contributed by atoms with E-state index in [-0.39, 0.29) is 30.6 Å². The highest BCUT2D eigenvalue weighted by molar-refractivity contribution is 5.75. The minimum absolute atomic E-state index is 0.0182. The molecule has 0 aromatic rings. The molecule has 0 saturated heterocycles. The average Bonchev–Trinajstić information content (AvgIpc) is 2.36. The predicted molar refractivity (Wildman–Crippen MR) is 73.3 cm³/mol. The lowest BCUT2D eigenvalue weighted by molar-refractivity contribution is -0.142. The molecule has 0 radical (unpaired) electrons. The lowest BCUT2D eigenvalue weighted by Gasteiger charge is -2.38. The molecular formula is C14H24N2O4. The van der Waals surface area contributed by atoms with Crippen molar-refractivity contribution in [3.63, 3.8) is 0 Å². The minimum Gasteiger partial charge on any atom is -0.481 e. The zero-order chi connectivity index (χ0) is 14.5. The Balaban J connectivity index is 1.79. The number of hydrogen-bond acceptors (Lipinski definition) is 3. The summed E-state index contributed by atoms with van der Waals surface area (Å²) in [6.07, 6.45) is 5.87. The summed E-state index contributed by atoms with van der Waals surface area (Å²) in [4.78, 5) is 24.9. The van der Waals surface area contributed by atoms with Gasteiger partial charge in [0.15, 0.2) is 0 Å². The number of carbonyl (C=O) groups is 2. The summed E-state index contributed by atoms with van der Waals surface area (Å²) in [6, 6.07) is 0.222. The van der Waals surface area contributed by atoms with Gasteiger partial charge in [-0.2, -0.15) is 0 Å². The minimum atomic E-state index is -0.730. The second-order valence-electron chi connectivity index (χ2n) is 5.84. The zero-order valence-electron chi connectivity index (χ0n) is 11.8. The lowest BCUT2D eigenvalue weighted by atomic mass is 9.86. The fourth-order valence-electron chi connectivity index (χ4n) is 3.00. The van der Waals surface area contributed by atoms with Gasteiger partial charge in [-0.1, -0.05) is 0 Å². The Morgan fingerprint density at radius 3 is 2.20 bits per heavy atom. The van der Waals surface area contributed by atoms with Crippen molar-refractivity contribution in [2.45, 2.75) is 57.0 Å². The van der Waals surface area contributed by atoms with Gasteiger partial charge in [0, 0.05) is 18.6 Å². The molecule has 114 valence electrons. The first-order valence-corrected chi connectivity index (χ1v) is 7.52. The summed E-state index contributed by atoms with van der Waals surface area (Å²) in [5.74, 6) is -0.991. The Kier molecular flexibility index (Phi) is 5.23. The van der Waals surface area contributed by atoms with Crippen molar-refractivity contribution in [1.29, 1.82) is 0 Å². The van der Waals surface area contributed by atoms with Crippen LogP contribution in [0.25, 0.3) is 0 Å². The first kappa shape index (κ1) is 15.1. The molecule has 0 bridgehead atoms. The molecule has 0 atom stereocenters. The van der Waals surface area contributed by atoms with Crippen LogP contribution in [0.3, 0.4) is 0 Å². The normalized spacial score (nSPS) is 26.6. The second kappa shape index (κ2) is 6.92. The number of rotatable bonds is 5. The number of nitrogens with zero attached hydrogens (tertiary/aromatic N) is 1. The van der Waals surface area contributed by atoms with Gasteiger partial charge < -0.3 is 20.4 Å². The molecule has 2 amide bonds. The van der Waals surface area contributed by atoms with Crippen molar-refractivity contribution in [2.75, 3.05) is 13.2 Å². The van der Waals surface area contributed by atoms with Crippen LogP contribution in [0, 0.1) is 5.92 Å². The van der Waals surface area contributed by atoms with Gasteiger partial charge in [0.2, 0.25) is 0 Å². The number of amides is 2. The first-order valence-electron chi connectivity index (χ1n) is 7.52. The molecule has 0 aliphatic heterocycles. The number of aliphatic hydroxyl groups is 1. The molecule has 3 N–H and O–H groups in total. The van der Waals surface area contributed by atoms with Crippen LogP contribution in [0.2, 0.25) is 0 Å². The summed E-state index contributed by atoms with van der Waals surface area (Å²) >= 11 is 0. The standard InChI is InChI=1S/C14H24N2O4/c17-9-8-16(12-2-1-3-12)14(20)15-11-6-4-10(5-7-11)13(18)19/h10-12,17H,1-9H2,(H,15,20)(H,18,19). The molecule has 0 heterocycles. The fraction of sp³-hybridized carbons (Fsp3) is 0.857. The molecule has 0 spiro atoms. The van der Waals surface area contributed by atoms with Crippen LogP contribution in [-0.2, 0) is 4.79 Å².